The third kappa shape index (κ3) is 4.91. The number of carbonyl (C=O) groups excluding carboxylic acids is 1. The minimum Gasteiger partial charge on any atom is -0.383 e. The van der Waals surface area contributed by atoms with Crippen LogP contribution >= 0.6 is 0 Å². The van der Waals surface area contributed by atoms with Crippen LogP contribution in [0, 0.1) is 0 Å². The molecule has 0 radical (unpaired) electrons. The fraction of sp³-hybridized carbons (Fsp3) is 0.917. The lowest BCUT2D eigenvalue weighted by molar-refractivity contribution is 0.170. The maximum Gasteiger partial charge on any atom is 0.315 e. The van der Waals surface area contributed by atoms with E-state index in [1.165, 1.54) is 0 Å². The molecular formula is C12H25N3O2. The van der Waals surface area contributed by atoms with Gasteiger partial charge in [0.1, 0.15) is 0 Å². The number of nitrogens with zero attached hydrogens (tertiary/aromatic N) is 1. The van der Waals surface area contributed by atoms with Gasteiger partial charge in [0.2, 0.25) is 0 Å². The van der Waals surface area contributed by atoms with E-state index in [4.69, 9.17) is 4.74 Å². The highest BCUT2D eigenvalue weighted by atomic mass is 16.5. The first-order chi connectivity index (χ1) is 8.02. The third-order valence-electron chi connectivity index (χ3n) is 3.08. The maximum absolute atomic E-state index is 11.7. The molecule has 100 valence electrons. The quantitative estimate of drug-likeness (QED) is 0.751. The standard InChI is InChI=1S/C12H25N3O2/c1-9(2)15-6-5-11(7-15)14-12(16)13-10(3)8-17-4/h9-11H,5-8H2,1-4H3,(H2,13,14,16)/t10-,11+/m1/s1. The van der Waals surface area contributed by atoms with Crippen molar-refractivity contribution in [2.45, 2.75) is 45.3 Å². The van der Waals surface area contributed by atoms with Gasteiger partial charge in [-0.3, -0.25) is 4.90 Å². The molecule has 1 aliphatic rings. The monoisotopic (exact) mass is 243 g/mol. The molecule has 0 unspecified atom stereocenters. The lowest BCUT2D eigenvalue weighted by atomic mass is 10.3. The minimum absolute atomic E-state index is 0.0441. The summed E-state index contributed by atoms with van der Waals surface area (Å²) in [6.45, 7) is 8.85. The summed E-state index contributed by atoms with van der Waals surface area (Å²) in [5, 5.41) is 5.86. The van der Waals surface area contributed by atoms with Gasteiger partial charge in [0.05, 0.1) is 12.6 Å². The Kier molecular flexibility index (Phi) is 5.71. The number of carbonyl (C=O) groups is 1. The fourth-order valence-corrected chi connectivity index (χ4v) is 2.12. The Morgan fingerprint density at radius 2 is 2.18 bits per heavy atom. The van der Waals surface area contributed by atoms with E-state index in [1.54, 1.807) is 7.11 Å². The number of amides is 2. The van der Waals surface area contributed by atoms with Crippen molar-refractivity contribution in [3.8, 4) is 0 Å². The molecule has 17 heavy (non-hydrogen) atoms. The molecule has 0 aromatic rings. The van der Waals surface area contributed by atoms with E-state index in [0.717, 1.165) is 19.5 Å². The molecule has 2 amide bonds. The van der Waals surface area contributed by atoms with Crippen LogP contribution in [0.2, 0.25) is 0 Å². The molecule has 1 aliphatic heterocycles. The second-order valence-corrected chi connectivity index (χ2v) is 5.05. The van der Waals surface area contributed by atoms with Crippen molar-refractivity contribution in [1.82, 2.24) is 15.5 Å². The van der Waals surface area contributed by atoms with E-state index in [0.29, 0.717) is 12.6 Å². The van der Waals surface area contributed by atoms with Crippen molar-refractivity contribution in [1.29, 1.82) is 0 Å². The normalized spacial score (nSPS) is 22.8. The first-order valence-electron chi connectivity index (χ1n) is 6.33. The van der Waals surface area contributed by atoms with Crippen LogP contribution in [0.25, 0.3) is 0 Å². The summed E-state index contributed by atoms with van der Waals surface area (Å²) < 4.78 is 4.97. The predicted molar refractivity (Wildman–Crippen MR) is 68.1 cm³/mol. The van der Waals surface area contributed by atoms with Crippen molar-refractivity contribution in [2.75, 3.05) is 26.8 Å². The average Bonchev–Trinajstić information content (AvgIpc) is 2.66. The van der Waals surface area contributed by atoms with E-state index >= 15 is 0 Å². The van der Waals surface area contributed by atoms with Crippen LogP contribution < -0.4 is 10.6 Å². The molecule has 0 aliphatic carbocycles. The van der Waals surface area contributed by atoms with Gasteiger partial charge in [-0.15, -0.1) is 0 Å². The molecule has 1 heterocycles. The fourth-order valence-electron chi connectivity index (χ4n) is 2.12. The van der Waals surface area contributed by atoms with Crippen LogP contribution in [0.3, 0.4) is 0 Å². The van der Waals surface area contributed by atoms with Gasteiger partial charge in [0.25, 0.3) is 0 Å². The highest BCUT2D eigenvalue weighted by Gasteiger charge is 2.25. The number of hydrogen-bond donors (Lipinski definition) is 2. The Morgan fingerprint density at radius 3 is 2.71 bits per heavy atom. The van der Waals surface area contributed by atoms with E-state index < -0.39 is 0 Å². The molecule has 2 atom stereocenters. The number of methoxy groups -OCH3 is 1. The number of urea groups is 1. The van der Waals surface area contributed by atoms with Gasteiger partial charge in [0.15, 0.2) is 0 Å². The highest BCUT2D eigenvalue weighted by molar-refractivity contribution is 5.74. The highest BCUT2D eigenvalue weighted by Crippen LogP contribution is 2.11. The van der Waals surface area contributed by atoms with Gasteiger partial charge in [0, 0.05) is 32.3 Å². The van der Waals surface area contributed by atoms with Crippen molar-refractivity contribution in [3.63, 3.8) is 0 Å². The summed E-state index contributed by atoms with van der Waals surface area (Å²) in [6, 6.07) is 0.775. The molecule has 0 bridgehead atoms. The molecule has 0 aromatic heterocycles. The summed E-state index contributed by atoms with van der Waals surface area (Å²) >= 11 is 0. The van der Waals surface area contributed by atoms with Crippen LogP contribution in [-0.2, 0) is 4.74 Å². The number of hydrogen-bond acceptors (Lipinski definition) is 3. The molecule has 5 heteroatoms. The minimum atomic E-state index is -0.0924. The van der Waals surface area contributed by atoms with Gasteiger partial charge in [-0.25, -0.2) is 4.79 Å². The molecule has 1 fully saturated rings. The van der Waals surface area contributed by atoms with Crippen LogP contribution in [0.15, 0.2) is 0 Å². The molecule has 0 spiro atoms. The van der Waals surface area contributed by atoms with E-state index in [9.17, 15) is 4.79 Å². The molecule has 1 saturated heterocycles. The molecular weight excluding hydrogens is 218 g/mol. The topological polar surface area (TPSA) is 53.6 Å². The number of nitrogens with one attached hydrogen (secondary N) is 2. The van der Waals surface area contributed by atoms with Crippen LogP contribution in [0.5, 0.6) is 0 Å². The van der Waals surface area contributed by atoms with Crippen molar-refractivity contribution in [2.24, 2.45) is 0 Å². The third-order valence-corrected chi connectivity index (χ3v) is 3.08. The molecule has 5 nitrogen and oxygen atoms in total. The molecule has 1 rings (SSSR count). The Labute approximate surface area is 104 Å². The number of ether oxygens (including phenoxy) is 1. The van der Waals surface area contributed by atoms with Gasteiger partial charge in [-0.05, 0) is 27.2 Å². The summed E-state index contributed by atoms with van der Waals surface area (Å²) in [6.07, 6.45) is 1.03. The summed E-state index contributed by atoms with van der Waals surface area (Å²) in [5.74, 6) is 0. The molecule has 2 N–H and O–H groups in total. The van der Waals surface area contributed by atoms with E-state index in [2.05, 4.69) is 29.4 Å². The average molecular weight is 243 g/mol. The van der Waals surface area contributed by atoms with Crippen LogP contribution in [0.4, 0.5) is 4.79 Å². The summed E-state index contributed by atoms with van der Waals surface area (Å²) in [4.78, 5) is 14.0. The summed E-state index contributed by atoms with van der Waals surface area (Å²) in [7, 11) is 1.63. The maximum atomic E-state index is 11.7. The second kappa shape index (κ2) is 6.81. The Balaban J connectivity index is 2.24. The lowest BCUT2D eigenvalue weighted by Gasteiger charge is -2.21. The predicted octanol–water partition coefficient (Wildman–Crippen LogP) is 0.803. The van der Waals surface area contributed by atoms with E-state index in [1.807, 2.05) is 6.92 Å². The Morgan fingerprint density at radius 1 is 1.47 bits per heavy atom. The Hall–Kier alpha value is -0.810. The number of rotatable bonds is 5. The van der Waals surface area contributed by atoms with Gasteiger partial charge in [-0.1, -0.05) is 0 Å². The molecule has 0 aromatic carbocycles. The first-order valence-corrected chi connectivity index (χ1v) is 6.33. The van der Waals surface area contributed by atoms with Crippen molar-refractivity contribution >= 4 is 6.03 Å². The number of likely N-dealkylation sites (tertiary alicyclic amines) is 1. The summed E-state index contributed by atoms with van der Waals surface area (Å²) in [5.41, 5.74) is 0. The van der Waals surface area contributed by atoms with E-state index in [-0.39, 0.29) is 18.1 Å². The first kappa shape index (κ1) is 14.3. The van der Waals surface area contributed by atoms with Gasteiger partial charge < -0.3 is 15.4 Å². The zero-order valence-corrected chi connectivity index (χ0v) is 11.3. The van der Waals surface area contributed by atoms with Crippen molar-refractivity contribution in [3.05, 3.63) is 0 Å². The second-order valence-electron chi connectivity index (χ2n) is 5.05. The zero-order valence-electron chi connectivity index (χ0n) is 11.3. The Bertz CT molecular complexity index is 246. The van der Waals surface area contributed by atoms with Gasteiger partial charge in [-0.2, -0.15) is 0 Å². The smallest absolute Gasteiger partial charge is 0.315 e. The molecule has 0 saturated carbocycles. The lowest BCUT2D eigenvalue weighted by Crippen LogP contribution is -2.47. The van der Waals surface area contributed by atoms with Crippen LogP contribution in [0.1, 0.15) is 27.2 Å². The van der Waals surface area contributed by atoms with Gasteiger partial charge >= 0.3 is 6.03 Å². The van der Waals surface area contributed by atoms with Crippen molar-refractivity contribution < 1.29 is 9.53 Å². The van der Waals surface area contributed by atoms with Crippen LogP contribution in [-0.4, -0.2) is 55.9 Å². The largest absolute Gasteiger partial charge is 0.383 e. The zero-order chi connectivity index (χ0) is 12.8. The SMILES string of the molecule is COC[C@@H](C)NC(=O)N[C@H]1CCN(C(C)C)C1.